The Morgan fingerprint density at radius 2 is 2.08 bits per heavy atom. The van der Waals surface area contributed by atoms with Gasteiger partial charge in [0.15, 0.2) is 5.96 Å². The number of hydrogen-bond acceptors (Lipinski definition) is 3. The number of rotatable bonds is 8. The zero-order valence-corrected chi connectivity index (χ0v) is 14.7. The van der Waals surface area contributed by atoms with E-state index in [0.717, 1.165) is 42.4 Å². The van der Waals surface area contributed by atoms with E-state index in [9.17, 15) is 0 Å². The summed E-state index contributed by atoms with van der Waals surface area (Å²) >= 11 is 0. The van der Waals surface area contributed by atoms with E-state index in [1.165, 1.54) is 0 Å². The van der Waals surface area contributed by atoms with Gasteiger partial charge >= 0.3 is 0 Å². The molecule has 5 nitrogen and oxygen atoms in total. The third kappa shape index (κ3) is 5.65. The number of furan rings is 1. The van der Waals surface area contributed by atoms with Gasteiger partial charge in [0.25, 0.3) is 0 Å². The number of guanidine groups is 1. The van der Waals surface area contributed by atoms with E-state index in [4.69, 9.17) is 14.1 Å². The molecule has 5 heteroatoms. The predicted octanol–water partition coefficient (Wildman–Crippen LogP) is 3.36. The second-order valence-corrected chi connectivity index (χ2v) is 5.69. The van der Waals surface area contributed by atoms with Crippen LogP contribution < -0.4 is 15.4 Å². The summed E-state index contributed by atoms with van der Waals surface area (Å²) in [4.78, 5) is 4.69. The fourth-order valence-electron chi connectivity index (χ4n) is 2.24. The van der Waals surface area contributed by atoms with Crippen molar-refractivity contribution in [2.75, 3.05) is 13.7 Å². The zero-order chi connectivity index (χ0) is 17.2. The van der Waals surface area contributed by atoms with Crippen LogP contribution in [0.3, 0.4) is 0 Å². The van der Waals surface area contributed by atoms with Crippen LogP contribution in [0.15, 0.2) is 52.1 Å². The monoisotopic (exact) mass is 329 g/mol. The van der Waals surface area contributed by atoms with Crippen LogP contribution in [-0.4, -0.2) is 25.7 Å². The molecule has 130 valence electrons. The molecule has 2 N–H and O–H groups in total. The zero-order valence-electron chi connectivity index (χ0n) is 14.7. The van der Waals surface area contributed by atoms with Crippen molar-refractivity contribution in [2.45, 2.75) is 39.3 Å². The number of methoxy groups -OCH3 is 1. The summed E-state index contributed by atoms with van der Waals surface area (Å²) in [5.41, 5.74) is 1.07. The van der Waals surface area contributed by atoms with E-state index in [1.807, 2.05) is 36.4 Å². The molecule has 0 saturated heterocycles. The summed E-state index contributed by atoms with van der Waals surface area (Å²) in [6, 6.07) is 12.2. The van der Waals surface area contributed by atoms with Crippen LogP contribution in [0.2, 0.25) is 0 Å². The first-order chi connectivity index (χ1) is 11.7. The number of ether oxygens (including phenoxy) is 1. The van der Waals surface area contributed by atoms with E-state index in [-0.39, 0.29) is 0 Å². The van der Waals surface area contributed by atoms with Crippen LogP contribution >= 0.6 is 0 Å². The standard InChI is InChI=1S/C19H27N3O2/c1-4-15(2)22-19(20-12-11-17-9-7-13-24-17)21-14-16-8-5-6-10-18(16)23-3/h5-10,13,15H,4,11-12,14H2,1-3H3,(H2,20,21,22). The van der Waals surface area contributed by atoms with Gasteiger partial charge < -0.3 is 19.8 Å². The molecule has 1 atom stereocenters. The number of hydrogen-bond donors (Lipinski definition) is 2. The lowest BCUT2D eigenvalue weighted by atomic mass is 10.2. The Labute approximate surface area is 144 Å². The summed E-state index contributed by atoms with van der Waals surface area (Å²) in [7, 11) is 1.68. The lowest BCUT2D eigenvalue weighted by Gasteiger charge is -2.17. The Balaban J connectivity index is 1.98. The van der Waals surface area contributed by atoms with Gasteiger partial charge in [-0.1, -0.05) is 25.1 Å². The molecule has 1 unspecified atom stereocenters. The van der Waals surface area contributed by atoms with Gasteiger partial charge in [0.1, 0.15) is 11.5 Å². The average Bonchev–Trinajstić information content (AvgIpc) is 3.13. The molecule has 0 saturated carbocycles. The van der Waals surface area contributed by atoms with E-state index >= 15 is 0 Å². The van der Waals surface area contributed by atoms with Gasteiger partial charge in [-0.25, -0.2) is 4.99 Å². The van der Waals surface area contributed by atoms with E-state index in [0.29, 0.717) is 12.6 Å². The molecular weight excluding hydrogens is 302 g/mol. The predicted molar refractivity (Wildman–Crippen MR) is 97.4 cm³/mol. The number of nitrogens with one attached hydrogen (secondary N) is 2. The lowest BCUT2D eigenvalue weighted by molar-refractivity contribution is 0.410. The van der Waals surface area contributed by atoms with Crippen LogP contribution in [0.25, 0.3) is 0 Å². The molecule has 2 rings (SSSR count). The van der Waals surface area contributed by atoms with Gasteiger partial charge in [0.05, 0.1) is 19.9 Å². The third-order valence-corrected chi connectivity index (χ3v) is 3.84. The van der Waals surface area contributed by atoms with Crippen molar-refractivity contribution in [3.8, 4) is 5.75 Å². The Kier molecular flexibility index (Phi) is 7.21. The minimum atomic E-state index is 0.359. The molecule has 0 fully saturated rings. The highest BCUT2D eigenvalue weighted by Gasteiger charge is 2.06. The molecule has 2 aromatic rings. The van der Waals surface area contributed by atoms with Gasteiger partial charge in [-0.3, -0.25) is 0 Å². The van der Waals surface area contributed by atoms with Crippen LogP contribution in [0.1, 0.15) is 31.6 Å². The van der Waals surface area contributed by atoms with Crippen molar-refractivity contribution in [3.05, 3.63) is 54.0 Å². The first-order valence-electron chi connectivity index (χ1n) is 8.42. The Morgan fingerprint density at radius 1 is 1.25 bits per heavy atom. The van der Waals surface area contributed by atoms with Gasteiger partial charge in [0, 0.05) is 24.6 Å². The van der Waals surface area contributed by atoms with Crippen LogP contribution in [0.5, 0.6) is 5.75 Å². The van der Waals surface area contributed by atoms with Crippen molar-refractivity contribution in [1.29, 1.82) is 0 Å². The average molecular weight is 329 g/mol. The summed E-state index contributed by atoms with van der Waals surface area (Å²) in [6.45, 7) is 5.63. The summed E-state index contributed by atoms with van der Waals surface area (Å²) in [5.74, 6) is 2.64. The minimum absolute atomic E-state index is 0.359. The molecule has 0 aliphatic heterocycles. The van der Waals surface area contributed by atoms with Crippen molar-refractivity contribution < 1.29 is 9.15 Å². The summed E-state index contributed by atoms with van der Waals surface area (Å²) < 4.78 is 10.7. The highest BCUT2D eigenvalue weighted by molar-refractivity contribution is 5.80. The van der Waals surface area contributed by atoms with Gasteiger partial charge in [0.2, 0.25) is 0 Å². The Hall–Kier alpha value is -2.43. The molecule has 1 aromatic carbocycles. The Morgan fingerprint density at radius 3 is 2.79 bits per heavy atom. The summed E-state index contributed by atoms with van der Waals surface area (Å²) in [6.07, 6.45) is 3.56. The summed E-state index contributed by atoms with van der Waals surface area (Å²) in [5, 5.41) is 6.79. The smallest absolute Gasteiger partial charge is 0.191 e. The van der Waals surface area contributed by atoms with E-state index in [1.54, 1.807) is 13.4 Å². The molecule has 0 bridgehead atoms. The molecule has 0 aliphatic rings. The van der Waals surface area contributed by atoms with Crippen LogP contribution in [0, 0.1) is 0 Å². The molecule has 1 aromatic heterocycles. The van der Waals surface area contributed by atoms with E-state index in [2.05, 4.69) is 24.5 Å². The molecule has 0 amide bonds. The second-order valence-electron chi connectivity index (χ2n) is 5.69. The van der Waals surface area contributed by atoms with Crippen molar-refractivity contribution in [3.63, 3.8) is 0 Å². The van der Waals surface area contributed by atoms with Gasteiger partial charge in [-0.2, -0.15) is 0 Å². The molecule has 24 heavy (non-hydrogen) atoms. The molecule has 0 spiro atoms. The first-order valence-corrected chi connectivity index (χ1v) is 8.42. The molecule has 1 heterocycles. The quantitative estimate of drug-likeness (QED) is 0.576. The first kappa shape index (κ1) is 17.9. The fourth-order valence-corrected chi connectivity index (χ4v) is 2.24. The second kappa shape index (κ2) is 9.65. The maximum atomic E-state index is 5.39. The highest BCUT2D eigenvalue weighted by atomic mass is 16.5. The maximum Gasteiger partial charge on any atom is 0.191 e. The van der Waals surface area contributed by atoms with Crippen LogP contribution in [0.4, 0.5) is 0 Å². The number of benzene rings is 1. The largest absolute Gasteiger partial charge is 0.496 e. The Bertz CT molecular complexity index is 623. The molecular formula is C19H27N3O2. The minimum Gasteiger partial charge on any atom is -0.496 e. The van der Waals surface area contributed by atoms with Crippen molar-refractivity contribution in [2.24, 2.45) is 4.99 Å². The normalized spacial score (nSPS) is 12.7. The molecule has 0 radical (unpaired) electrons. The van der Waals surface area contributed by atoms with Gasteiger partial charge in [-0.15, -0.1) is 0 Å². The SMILES string of the molecule is CCC(C)NC(=NCc1ccccc1OC)NCCc1ccco1. The topological polar surface area (TPSA) is 58.8 Å². The third-order valence-electron chi connectivity index (χ3n) is 3.84. The maximum absolute atomic E-state index is 5.39. The number of aliphatic imine (C=N–C) groups is 1. The number of nitrogens with zero attached hydrogens (tertiary/aromatic N) is 1. The number of para-hydroxylation sites is 1. The van der Waals surface area contributed by atoms with Crippen molar-refractivity contribution >= 4 is 5.96 Å². The van der Waals surface area contributed by atoms with Crippen molar-refractivity contribution in [1.82, 2.24) is 10.6 Å². The highest BCUT2D eigenvalue weighted by Crippen LogP contribution is 2.17. The fraction of sp³-hybridized carbons (Fsp3) is 0.421. The lowest BCUT2D eigenvalue weighted by Crippen LogP contribution is -2.42. The molecule has 0 aliphatic carbocycles. The van der Waals surface area contributed by atoms with Gasteiger partial charge in [-0.05, 0) is 31.5 Å². The van der Waals surface area contributed by atoms with Crippen LogP contribution in [-0.2, 0) is 13.0 Å². The van der Waals surface area contributed by atoms with E-state index < -0.39 is 0 Å².